The molecular weight excluding hydrogens is 769 g/mol. The van der Waals surface area contributed by atoms with Crippen LogP contribution in [0.15, 0.2) is 107 Å². The zero-order valence-electron chi connectivity index (χ0n) is 35.7. The molecule has 1 aliphatic carbocycles. The van der Waals surface area contributed by atoms with Gasteiger partial charge in [0.05, 0.1) is 13.2 Å². The van der Waals surface area contributed by atoms with Crippen LogP contribution in [-0.2, 0) is 28.7 Å². The van der Waals surface area contributed by atoms with E-state index < -0.39 is 42.4 Å². The van der Waals surface area contributed by atoms with Gasteiger partial charge in [-0.25, -0.2) is 19.4 Å². The Bertz CT molecular complexity index is 2850. The number of carbonyl (C=O) groups excluding carboxylic acids is 5. The van der Waals surface area contributed by atoms with E-state index in [0.717, 1.165) is 58.9 Å². The second kappa shape index (κ2) is 16.4. The lowest BCUT2D eigenvalue weighted by Crippen LogP contribution is -2.61. The molecule has 0 radical (unpaired) electrons. The molecule has 1 aliphatic heterocycles. The Hall–Kier alpha value is -6.75. The lowest BCUT2D eigenvalue weighted by atomic mass is 9.94. The predicted molar refractivity (Wildman–Crippen MR) is 238 cm³/mol. The molecule has 1 saturated carbocycles. The van der Waals surface area contributed by atoms with E-state index in [1.807, 2.05) is 36.4 Å². The predicted octanol–water partition coefficient (Wildman–Crippen LogP) is 8.01. The molecule has 312 valence electrons. The zero-order valence-corrected chi connectivity index (χ0v) is 35.7. The van der Waals surface area contributed by atoms with Gasteiger partial charge in [0.2, 0.25) is 0 Å². The van der Waals surface area contributed by atoms with E-state index in [2.05, 4.69) is 97.5 Å². The van der Waals surface area contributed by atoms with Crippen molar-refractivity contribution in [2.24, 2.45) is 0 Å². The molecule has 4 amide bonds. The summed E-state index contributed by atoms with van der Waals surface area (Å²) >= 11 is 0. The van der Waals surface area contributed by atoms with Crippen molar-refractivity contribution in [3.8, 4) is 0 Å². The number of ether oxygens (including phenoxy) is 2. The second-order valence-corrected chi connectivity index (χ2v) is 16.1. The smallest absolute Gasteiger partial charge is 0.335 e. The third kappa shape index (κ3) is 6.91. The van der Waals surface area contributed by atoms with Crippen LogP contribution < -0.4 is 10.7 Å². The third-order valence-corrected chi connectivity index (χ3v) is 11.8. The normalized spacial score (nSPS) is 17.8. The summed E-state index contributed by atoms with van der Waals surface area (Å²) < 4.78 is 15.0. The highest BCUT2D eigenvalue weighted by atomic mass is 16.5. The van der Waals surface area contributed by atoms with E-state index in [4.69, 9.17) is 9.47 Å². The summed E-state index contributed by atoms with van der Waals surface area (Å²) in [6.07, 6.45) is 8.95. The van der Waals surface area contributed by atoms with Crippen LogP contribution in [0.2, 0.25) is 0 Å². The fraction of sp³-hybridized carbons (Fsp3) is 0.300. The number of esters is 2. The van der Waals surface area contributed by atoms with E-state index in [0.29, 0.717) is 34.5 Å². The maximum absolute atomic E-state index is 14.9. The van der Waals surface area contributed by atoms with Gasteiger partial charge in [-0.2, -0.15) is 0 Å². The van der Waals surface area contributed by atoms with Gasteiger partial charge >= 0.3 is 18.0 Å². The average molecular weight is 819 g/mol. The number of aromatic nitrogens is 2. The van der Waals surface area contributed by atoms with Crippen LogP contribution in [0, 0.1) is 0 Å². The molecule has 2 aromatic heterocycles. The largest absolute Gasteiger partial charge is 0.465 e. The lowest BCUT2D eigenvalue weighted by Gasteiger charge is -2.36. The van der Waals surface area contributed by atoms with E-state index in [-0.39, 0.29) is 30.9 Å². The topological polar surface area (TPSA) is 120 Å². The number of urea groups is 1. The molecule has 0 N–H and O–H groups in total. The van der Waals surface area contributed by atoms with Crippen LogP contribution in [0.25, 0.3) is 55.5 Å². The number of hydrogen-bond acceptors (Lipinski definition) is 7. The van der Waals surface area contributed by atoms with E-state index in [1.54, 1.807) is 13.8 Å². The van der Waals surface area contributed by atoms with Crippen LogP contribution in [0.5, 0.6) is 0 Å². The number of allylic oxidation sites excluding steroid dienone is 5. The zero-order chi connectivity index (χ0) is 43.3. The summed E-state index contributed by atoms with van der Waals surface area (Å²) in [7, 11) is 0. The first-order chi connectivity index (χ1) is 29.4. The summed E-state index contributed by atoms with van der Waals surface area (Å²) in [5, 5.41) is 8.63. The minimum atomic E-state index is -1.40. The fourth-order valence-corrected chi connectivity index (χ4v) is 9.23. The molecule has 2 aliphatic rings. The number of rotatable bonds is 10. The van der Waals surface area contributed by atoms with Crippen molar-refractivity contribution in [3.05, 3.63) is 118 Å². The van der Waals surface area contributed by atoms with Gasteiger partial charge < -0.3 is 18.6 Å². The van der Waals surface area contributed by atoms with Crippen molar-refractivity contribution in [1.82, 2.24) is 18.9 Å². The van der Waals surface area contributed by atoms with Gasteiger partial charge in [0.25, 0.3) is 11.8 Å². The first-order valence-corrected chi connectivity index (χ1v) is 21.1. The molecule has 2 fully saturated rings. The molecule has 6 aromatic rings. The summed E-state index contributed by atoms with van der Waals surface area (Å²) in [4.78, 5) is 71.2. The van der Waals surface area contributed by atoms with Crippen LogP contribution in [0.1, 0.15) is 73.4 Å². The first kappa shape index (κ1) is 41.0. The Morgan fingerprint density at radius 2 is 1.10 bits per heavy atom. The number of carbonyl (C=O) groups is 5. The number of imide groups is 2. The van der Waals surface area contributed by atoms with Gasteiger partial charge in [-0.1, -0.05) is 72.8 Å². The van der Waals surface area contributed by atoms with Crippen molar-refractivity contribution in [2.45, 2.75) is 79.4 Å². The van der Waals surface area contributed by atoms with Gasteiger partial charge in [-0.3, -0.25) is 14.4 Å². The highest BCUT2D eigenvalue weighted by molar-refractivity contribution is 6.31. The van der Waals surface area contributed by atoms with Crippen molar-refractivity contribution < 1.29 is 33.4 Å². The van der Waals surface area contributed by atoms with E-state index >= 15 is 0 Å². The van der Waals surface area contributed by atoms with Crippen LogP contribution in [-0.4, -0.2) is 74.5 Å². The van der Waals surface area contributed by atoms with Crippen LogP contribution in [0.3, 0.4) is 0 Å². The second-order valence-electron chi connectivity index (χ2n) is 16.1. The number of hydrogen-bond donors (Lipinski definition) is 0. The number of benzene rings is 4. The fourth-order valence-electron chi connectivity index (χ4n) is 9.23. The SMILES string of the molecule is CCOC(=O)CN1C(=O)C(=C2/C(=C/C=c3\c4cccc5cccc(c54)n3C(C)C)CC/C2=C\C=c2/c3cccc4cccc(c43)n2C(C)C)C(=O)N(C(C)C(=O)OCC)C1=O. The Kier molecular flexibility index (Phi) is 11.0. The highest BCUT2D eigenvalue weighted by Crippen LogP contribution is 2.41. The highest BCUT2D eigenvalue weighted by Gasteiger charge is 2.49. The van der Waals surface area contributed by atoms with Crippen molar-refractivity contribution >= 4 is 85.3 Å². The molecule has 11 nitrogen and oxygen atoms in total. The molecule has 61 heavy (non-hydrogen) atoms. The van der Waals surface area contributed by atoms with Gasteiger partial charge in [0.15, 0.2) is 0 Å². The third-order valence-electron chi connectivity index (χ3n) is 11.8. The Morgan fingerprint density at radius 3 is 1.56 bits per heavy atom. The molecule has 1 saturated heterocycles. The first-order valence-electron chi connectivity index (χ1n) is 21.1. The van der Waals surface area contributed by atoms with Gasteiger partial charge in [-0.15, -0.1) is 0 Å². The van der Waals surface area contributed by atoms with Gasteiger partial charge in [-0.05, 0) is 113 Å². The molecule has 4 aromatic carbocycles. The van der Waals surface area contributed by atoms with Gasteiger partial charge in [0, 0.05) is 55.4 Å². The Balaban J connectivity index is 1.41. The van der Waals surface area contributed by atoms with E-state index in [1.165, 1.54) is 6.92 Å². The number of barbiturate groups is 1. The molecule has 0 bridgehead atoms. The average Bonchev–Trinajstić information content (AvgIpc) is 3.89. The summed E-state index contributed by atoms with van der Waals surface area (Å²) in [6, 6.07) is 22.8. The molecule has 1 unspecified atom stereocenters. The van der Waals surface area contributed by atoms with Crippen molar-refractivity contribution in [1.29, 1.82) is 0 Å². The quantitative estimate of drug-likeness (QED) is 0.0781. The van der Waals surface area contributed by atoms with Gasteiger partial charge in [0.1, 0.15) is 18.2 Å². The Morgan fingerprint density at radius 1 is 0.623 bits per heavy atom. The molecular formula is C50H50N4O7. The molecule has 11 heteroatoms. The maximum atomic E-state index is 14.9. The lowest BCUT2D eigenvalue weighted by molar-refractivity contribution is -0.154. The van der Waals surface area contributed by atoms with Crippen LogP contribution >= 0.6 is 0 Å². The minimum absolute atomic E-state index is 0.0118. The standard InChI is InChI=1S/C50H50N4O7/c1-8-60-42(55)28-51-47(56)46(48(57)54(50(51)59)31(7)49(58)61-9-2)43-34(24-26-38-36-18-10-14-32-16-12-20-40(44(32)36)52(38)29(3)4)22-23-35(43)25-27-39-37-19-11-15-33-17-13-21-41(45(33)37)53(39)30(5)6/h10-21,24-27,29-31H,8-9,22-23,28H2,1-7H3/b34-24+,35-25+,38-26+,39-27+. The summed E-state index contributed by atoms with van der Waals surface area (Å²) in [5.74, 6) is -3.52. The molecule has 0 spiro atoms. The molecule has 1 atom stereocenters. The monoisotopic (exact) mass is 818 g/mol. The van der Waals surface area contributed by atoms with E-state index in [9.17, 15) is 24.0 Å². The summed E-state index contributed by atoms with van der Waals surface area (Å²) in [5.41, 5.74) is 3.66. The molecule has 3 heterocycles. The molecule has 8 rings (SSSR count). The minimum Gasteiger partial charge on any atom is -0.465 e. The van der Waals surface area contributed by atoms with Crippen LogP contribution in [0.4, 0.5) is 4.79 Å². The summed E-state index contributed by atoms with van der Waals surface area (Å²) in [6.45, 7) is 12.5. The Labute approximate surface area is 353 Å². The number of nitrogens with zero attached hydrogens (tertiary/aromatic N) is 4. The van der Waals surface area contributed by atoms with Crippen molar-refractivity contribution in [2.75, 3.05) is 19.8 Å². The van der Waals surface area contributed by atoms with Crippen molar-refractivity contribution in [3.63, 3.8) is 0 Å². The maximum Gasteiger partial charge on any atom is 0.335 e. The number of amides is 4.